The van der Waals surface area contributed by atoms with Gasteiger partial charge in [0.25, 0.3) is 5.91 Å². The minimum Gasteiger partial charge on any atom is -0.370 e. The summed E-state index contributed by atoms with van der Waals surface area (Å²) < 4.78 is 24.4. The summed E-state index contributed by atoms with van der Waals surface area (Å²) in [6, 6.07) is 5.45. The standard InChI is InChI=1S/C16H24N2O8P2S2/c19-14-4-5-15(20)18(14)26-16(21)6-8-27(22,23)9-10-28(24,25)11-12-29-30-13-3-1-2-7-17-13/h1-3,7,14,19H,4-6,8-12H2,(H,22,23)(H,24,25). The summed E-state index contributed by atoms with van der Waals surface area (Å²) in [7, 11) is -4.66. The molecule has 0 spiro atoms. The SMILES string of the molecule is O=C(CCP(=O)(O)CCP(=O)(O)CCSSc1ccccn1)ON1C(=O)CCC1O. The van der Waals surface area contributed by atoms with Crippen molar-refractivity contribution in [1.29, 1.82) is 0 Å². The second-order valence-electron chi connectivity index (χ2n) is 6.61. The number of hydrogen-bond acceptors (Lipinski definition) is 9. The van der Waals surface area contributed by atoms with E-state index >= 15 is 0 Å². The number of hydrogen-bond donors (Lipinski definition) is 3. The molecule has 0 aliphatic carbocycles. The molecule has 1 saturated heterocycles. The highest BCUT2D eigenvalue weighted by atomic mass is 33.1. The van der Waals surface area contributed by atoms with Crippen LogP contribution in [0, 0.1) is 0 Å². The van der Waals surface area contributed by atoms with Crippen LogP contribution in [0.15, 0.2) is 29.4 Å². The topological polar surface area (TPSA) is 154 Å². The summed E-state index contributed by atoms with van der Waals surface area (Å²) in [5.41, 5.74) is 0. The molecule has 30 heavy (non-hydrogen) atoms. The summed E-state index contributed by atoms with van der Waals surface area (Å²) in [5, 5.41) is 10.9. The van der Waals surface area contributed by atoms with Crippen LogP contribution < -0.4 is 0 Å². The van der Waals surface area contributed by atoms with Gasteiger partial charge in [-0.05, 0) is 22.9 Å². The second-order valence-corrected chi connectivity index (χ2v) is 14.2. The van der Waals surface area contributed by atoms with Crippen molar-refractivity contribution < 1.29 is 38.5 Å². The van der Waals surface area contributed by atoms with Crippen molar-refractivity contribution in [3.8, 4) is 0 Å². The van der Waals surface area contributed by atoms with Crippen molar-refractivity contribution in [3.05, 3.63) is 24.4 Å². The van der Waals surface area contributed by atoms with E-state index in [0.29, 0.717) is 10.8 Å². The van der Waals surface area contributed by atoms with Crippen LogP contribution in [0.1, 0.15) is 19.3 Å². The third-order valence-corrected chi connectivity index (χ3v) is 10.7. The van der Waals surface area contributed by atoms with Gasteiger partial charge in [0.05, 0.1) is 6.42 Å². The molecule has 1 amide bonds. The maximum Gasteiger partial charge on any atom is 0.333 e. The molecular weight excluding hydrogens is 474 g/mol. The van der Waals surface area contributed by atoms with E-state index in [9.17, 15) is 33.6 Å². The van der Waals surface area contributed by atoms with Crippen molar-refractivity contribution in [3.63, 3.8) is 0 Å². The monoisotopic (exact) mass is 498 g/mol. The Morgan fingerprint density at radius 2 is 1.90 bits per heavy atom. The minimum atomic E-state index is -3.83. The number of aliphatic hydroxyl groups excluding tert-OH is 1. The molecule has 2 heterocycles. The number of aromatic nitrogens is 1. The summed E-state index contributed by atoms with van der Waals surface area (Å²) in [6.07, 6.45) is -0.965. The number of pyridine rings is 1. The first-order valence-electron chi connectivity index (χ1n) is 9.11. The average molecular weight is 498 g/mol. The number of amides is 1. The Kier molecular flexibility index (Phi) is 9.87. The van der Waals surface area contributed by atoms with Gasteiger partial charge in [-0.25, -0.2) is 9.78 Å². The molecule has 14 heteroatoms. The number of rotatable bonds is 12. The van der Waals surface area contributed by atoms with Crippen LogP contribution in [0.2, 0.25) is 0 Å². The molecule has 1 aromatic heterocycles. The number of hydroxylamine groups is 2. The molecule has 0 aromatic carbocycles. The fourth-order valence-corrected chi connectivity index (χ4v) is 9.33. The Morgan fingerprint density at radius 3 is 2.50 bits per heavy atom. The summed E-state index contributed by atoms with van der Waals surface area (Å²) in [6.45, 7) is 0. The molecule has 1 aliphatic rings. The van der Waals surface area contributed by atoms with E-state index in [4.69, 9.17) is 4.84 Å². The van der Waals surface area contributed by atoms with Gasteiger partial charge in [0.1, 0.15) is 5.03 Å². The predicted molar refractivity (Wildman–Crippen MR) is 114 cm³/mol. The van der Waals surface area contributed by atoms with Crippen molar-refractivity contribution in [2.24, 2.45) is 0 Å². The quantitative estimate of drug-likeness (QED) is 0.221. The average Bonchev–Trinajstić information content (AvgIpc) is 3.01. The maximum absolute atomic E-state index is 12.2. The van der Waals surface area contributed by atoms with E-state index < -0.39 is 51.6 Å². The molecule has 168 valence electrons. The van der Waals surface area contributed by atoms with E-state index in [1.165, 1.54) is 21.6 Å². The van der Waals surface area contributed by atoms with Crippen LogP contribution in [0.3, 0.4) is 0 Å². The zero-order valence-electron chi connectivity index (χ0n) is 16.0. The minimum absolute atomic E-state index is 0.00545. The van der Waals surface area contributed by atoms with Gasteiger partial charge < -0.3 is 19.7 Å². The molecule has 3 N–H and O–H groups in total. The lowest BCUT2D eigenvalue weighted by Gasteiger charge is -2.19. The van der Waals surface area contributed by atoms with E-state index in [1.54, 1.807) is 12.3 Å². The van der Waals surface area contributed by atoms with E-state index in [0.717, 1.165) is 5.03 Å². The molecule has 1 aromatic rings. The fraction of sp³-hybridized carbons (Fsp3) is 0.562. The van der Waals surface area contributed by atoms with E-state index in [1.807, 2.05) is 12.1 Å². The van der Waals surface area contributed by atoms with Crippen molar-refractivity contribution in [2.75, 3.05) is 30.4 Å². The molecule has 3 unspecified atom stereocenters. The van der Waals surface area contributed by atoms with Crippen LogP contribution in [0.25, 0.3) is 0 Å². The Bertz CT molecular complexity index is 829. The molecule has 0 bridgehead atoms. The normalized spacial score (nSPS) is 20.6. The van der Waals surface area contributed by atoms with Gasteiger partial charge in [0, 0.05) is 49.4 Å². The molecule has 10 nitrogen and oxygen atoms in total. The molecule has 2 rings (SSSR count). The van der Waals surface area contributed by atoms with Crippen LogP contribution >= 0.6 is 36.3 Å². The third kappa shape index (κ3) is 9.09. The fourth-order valence-electron chi connectivity index (χ4n) is 2.39. The highest BCUT2D eigenvalue weighted by molar-refractivity contribution is 8.76. The van der Waals surface area contributed by atoms with Crippen molar-refractivity contribution >= 4 is 48.2 Å². The smallest absolute Gasteiger partial charge is 0.333 e. The number of nitrogens with zero attached hydrogens (tertiary/aromatic N) is 2. The highest BCUT2D eigenvalue weighted by Gasteiger charge is 2.33. The summed E-state index contributed by atoms with van der Waals surface area (Å²) >= 11 is 0. The lowest BCUT2D eigenvalue weighted by molar-refractivity contribution is -0.220. The van der Waals surface area contributed by atoms with Crippen LogP contribution in [0.4, 0.5) is 0 Å². The number of carbonyl (C=O) groups excluding carboxylic acids is 2. The van der Waals surface area contributed by atoms with Gasteiger partial charge in [0.2, 0.25) is 14.7 Å². The van der Waals surface area contributed by atoms with Gasteiger partial charge in [-0.2, -0.15) is 0 Å². The lowest BCUT2D eigenvalue weighted by atomic mass is 10.4. The molecule has 3 atom stereocenters. The van der Waals surface area contributed by atoms with Gasteiger partial charge in [-0.1, -0.05) is 16.9 Å². The Balaban J connectivity index is 1.67. The Labute approximate surface area is 182 Å². The number of carbonyl (C=O) groups is 2. The van der Waals surface area contributed by atoms with Crippen molar-refractivity contribution in [1.82, 2.24) is 10.0 Å². The predicted octanol–water partition coefficient (Wildman–Crippen LogP) is 2.15. The molecule has 0 radical (unpaired) electrons. The first-order valence-corrected chi connectivity index (χ1v) is 15.5. The third-order valence-electron chi connectivity index (χ3n) is 4.10. The van der Waals surface area contributed by atoms with Gasteiger partial charge in [-0.3, -0.25) is 13.9 Å². The van der Waals surface area contributed by atoms with Crippen molar-refractivity contribution in [2.45, 2.75) is 30.5 Å². The summed E-state index contributed by atoms with van der Waals surface area (Å²) in [4.78, 5) is 52.1. The first-order chi connectivity index (χ1) is 14.1. The zero-order valence-corrected chi connectivity index (χ0v) is 19.5. The van der Waals surface area contributed by atoms with Gasteiger partial charge in [0.15, 0.2) is 6.23 Å². The van der Waals surface area contributed by atoms with E-state index in [-0.39, 0.29) is 25.2 Å². The van der Waals surface area contributed by atoms with E-state index in [2.05, 4.69) is 4.98 Å². The van der Waals surface area contributed by atoms with Crippen LogP contribution in [0.5, 0.6) is 0 Å². The van der Waals surface area contributed by atoms with Crippen LogP contribution in [-0.4, -0.2) is 73.4 Å². The highest BCUT2D eigenvalue weighted by Crippen LogP contribution is 2.49. The van der Waals surface area contributed by atoms with Gasteiger partial charge in [-0.15, -0.1) is 5.06 Å². The Hall–Kier alpha value is -0.870. The van der Waals surface area contributed by atoms with Crippen LogP contribution in [-0.2, 0) is 23.6 Å². The zero-order chi connectivity index (χ0) is 22.2. The molecular formula is C16H24N2O8P2S2. The van der Waals surface area contributed by atoms with Gasteiger partial charge >= 0.3 is 5.97 Å². The Morgan fingerprint density at radius 1 is 1.20 bits per heavy atom. The molecule has 0 saturated carbocycles. The largest absolute Gasteiger partial charge is 0.370 e. The molecule has 1 aliphatic heterocycles. The number of aliphatic hydroxyl groups is 1. The lowest BCUT2D eigenvalue weighted by Crippen LogP contribution is -2.35. The summed E-state index contributed by atoms with van der Waals surface area (Å²) in [5.74, 6) is -1.08. The first kappa shape index (κ1) is 25.4. The maximum atomic E-state index is 12.2. The second kappa shape index (κ2) is 11.7. The molecule has 1 fully saturated rings.